The van der Waals surface area contributed by atoms with Gasteiger partial charge in [-0.15, -0.1) is 0 Å². The molecule has 0 unspecified atom stereocenters. The Labute approximate surface area is 151 Å². The van der Waals surface area contributed by atoms with E-state index in [1.165, 1.54) is 29.6 Å². The summed E-state index contributed by atoms with van der Waals surface area (Å²) in [6.07, 6.45) is 2.91. The van der Waals surface area contributed by atoms with Crippen molar-refractivity contribution < 1.29 is 9.18 Å². The molecule has 0 aliphatic rings. The van der Waals surface area contributed by atoms with Crippen LogP contribution in [0.5, 0.6) is 0 Å². The fourth-order valence-electron chi connectivity index (χ4n) is 2.44. The van der Waals surface area contributed by atoms with Gasteiger partial charge in [0.2, 0.25) is 0 Å². The van der Waals surface area contributed by atoms with Crippen LogP contribution >= 0.6 is 0 Å². The monoisotopic (exact) mass is 350 g/mol. The van der Waals surface area contributed by atoms with E-state index in [1.807, 2.05) is 31.2 Å². The third kappa shape index (κ3) is 4.42. The number of nitrogens with zero attached hydrogens (tertiary/aromatic N) is 2. The molecule has 0 spiro atoms. The molecule has 1 amide bonds. The molecule has 3 rings (SSSR count). The topological polar surface area (TPSA) is 66.9 Å². The van der Waals surface area contributed by atoms with Crippen LogP contribution in [0.15, 0.2) is 60.9 Å². The van der Waals surface area contributed by atoms with Crippen molar-refractivity contribution in [2.75, 3.05) is 5.32 Å². The maximum atomic E-state index is 13.6. The molecule has 2 N–H and O–H groups in total. The first-order valence-corrected chi connectivity index (χ1v) is 8.25. The summed E-state index contributed by atoms with van der Waals surface area (Å²) in [5, 5.41) is 5.82. The molecule has 132 valence electrons. The fraction of sp³-hybridized carbons (Fsp3) is 0.150. The number of aryl methyl sites for hydroxylation is 1. The molecule has 1 aromatic heterocycles. The first-order chi connectivity index (χ1) is 12.6. The predicted molar refractivity (Wildman–Crippen MR) is 98.1 cm³/mol. The van der Waals surface area contributed by atoms with Crippen molar-refractivity contribution in [2.24, 2.45) is 0 Å². The van der Waals surface area contributed by atoms with Crippen LogP contribution in [0.3, 0.4) is 0 Å². The van der Waals surface area contributed by atoms with Crippen LogP contribution in [0.1, 0.15) is 27.2 Å². The predicted octanol–water partition coefficient (Wildman–Crippen LogP) is 3.47. The van der Waals surface area contributed by atoms with Gasteiger partial charge in [0.05, 0.1) is 12.4 Å². The molecule has 2 aromatic carbocycles. The lowest BCUT2D eigenvalue weighted by Crippen LogP contribution is -2.24. The third-order valence-electron chi connectivity index (χ3n) is 4.00. The number of aromatic nitrogens is 2. The molecular formula is C20H19FN4O. The largest absolute Gasteiger partial charge is 0.365 e. The Morgan fingerprint density at radius 1 is 0.962 bits per heavy atom. The maximum Gasteiger partial charge on any atom is 0.271 e. The van der Waals surface area contributed by atoms with E-state index in [0.717, 1.165) is 0 Å². The summed E-state index contributed by atoms with van der Waals surface area (Å²) in [5.74, 6) is -0.167. The third-order valence-corrected chi connectivity index (χ3v) is 4.00. The lowest BCUT2D eigenvalue weighted by molar-refractivity contribution is 0.0945. The summed E-state index contributed by atoms with van der Waals surface area (Å²) in [6, 6.07) is 14.4. The summed E-state index contributed by atoms with van der Waals surface area (Å²) < 4.78 is 13.6. The summed E-state index contributed by atoms with van der Waals surface area (Å²) in [5.41, 5.74) is 2.96. The van der Waals surface area contributed by atoms with Crippen molar-refractivity contribution in [1.29, 1.82) is 0 Å². The molecule has 0 bridgehead atoms. The lowest BCUT2D eigenvalue weighted by Gasteiger charge is -2.09. The normalized spacial score (nSPS) is 10.4. The van der Waals surface area contributed by atoms with Gasteiger partial charge in [0, 0.05) is 18.7 Å². The van der Waals surface area contributed by atoms with Crippen molar-refractivity contribution in [3.63, 3.8) is 0 Å². The first-order valence-electron chi connectivity index (χ1n) is 8.25. The Kier molecular flexibility index (Phi) is 5.53. The van der Waals surface area contributed by atoms with Crippen molar-refractivity contribution in [2.45, 2.75) is 20.0 Å². The van der Waals surface area contributed by atoms with Gasteiger partial charge in [0.25, 0.3) is 5.91 Å². The number of anilines is 1. The van der Waals surface area contributed by atoms with E-state index in [2.05, 4.69) is 20.6 Å². The highest BCUT2D eigenvalue weighted by molar-refractivity contribution is 5.91. The van der Waals surface area contributed by atoms with Crippen LogP contribution in [-0.2, 0) is 13.1 Å². The second kappa shape index (κ2) is 8.20. The Morgan fingerprint density at radius 2 is 1.69 bits per heavy atom. The van der Waals surface area contributed by atoms with Crippen molar-refractivity contribution in [3.8, 4) is 0 Å². The van der Waals surface area contributed by atoms with Gasteiger partial charge in [-0.25, -0.2) is 14.4 Å². The molecule has 0 saturated heterocycles. The fourth-order valence-corrected chi connectivity index (χ4v) is 2.44. The number of carbonyl (C=O) groups is 1. The Morgan fingerprint density at radius 3 is 2.38 bits per heavy atom. The second-order valence-corrected chi connectivity index (χ2v) is 5.84. The van der Waals surface area contributed by atoms with Crippen LogP contribution in [0.25, 0.3) is 0 Å². The lowest BCUT2D eigenvalue weighted by atomic mass is 10.1. The Bertz CT molecular complexity index is 896. The molecule has 6 heteroatoms. The molecule has 0 radical (unpaired) electrons. The first kappa shape index (κ1) is 17.5. The molecule has 26 heavy (non-hydrogen) atoms. The molecule has 0 atom stereocenters. The van der Waals surface area contributed by atoms with Gasteiger partial charge in [0.15, 0.2) is 0 Å². The molecule has 0 aliphatic heterocycles. The maximum absolute atomic E-state index is 13.6. The van der Waals surface area contributed by atoms with Crippen LogP contribution < -0.4 is 10.6 Å². The van der Waals surface area contributed by atoms with E-state index in [4.69, 9.17) is 0 Å². The van der Waals surface area contributed by atoms with E-state index in [0.29, 0.717) is 17.9 Å². The van der Waals surface area contributed by atoms with Gasteiger partial charge >= 0.3 is 0 Å². The minimum absolute atomic E-state index is 0.0977. The van der Waals surface area contributed by atoms with Gasteiger partial charge in [-0.1, -0.05) is 42.5 Å². The minimum Gasteiger partial charge on any atom is -0.365 e. The van der Waals surface area contributed by atoms with Gasteiger partial charge in [-0.2, -0.15) is 0 Å². The Balaban J connectivity index is 1.56. The standard InChI is InChI=1S/C20H19FN4O/c1-14-6-2-3-7-15(14)10-23-19-13-22-18(12-24-19)20(26)25-11-16-8-4-5-9-17(16)21/h2-9,12-13H,10-11H2,1H3,(H,23,24)(H,25,26). The molecule has 0 saturated carbocycles. The zero-order valence-electron chi connectivity index (χ0n) is 14.4. The highest BCUT2D eigenvalue weighted by Crippen LogP contribution is 2.10. The summed E-state index contributed by atoms with van der Waals surface area (Å²) >= 11 is 0. The summed E-state index contributed by atoms with van der Waals surface area (Å²) in [7, 11) is 0. The van der Waals surface area contributed by atoms with Gasteiger partial charge in [-0.05, 0) is 24.1 Å². The number of halogens is 1. The number of rotatable bonds is 6. The van der Waals surface area contributed by atoms with E-state index in [-0.39, 0.29) is 18.1 Å². The Hall–Kier alpha value is -3.28. The van der Waals surface area contributed by atoms with E-state index in [9.17, 15) is 9.18 Å². The average Bonchev–Trinajstić information content (AvgIpc) is 2.67. The molecule has 3 aromatic rings. The molecular weight excluding hydrogens is 331 g/mol. The number of carbonyl (C=O) groups excluding carboxylic acids is 1. The number of amides is 1. The highest BCUT2D eigenvalue weighted by Gasteiger charge is 2.09. The second-order valence-electron chi connectivity index (χ2n) is 5.84. The quantitative estimate of drug-likeness (QED) is 0.714. The number of benzene rings is 2. The zero-order valence-corrected chi connectivity index (χ0v) is 14.4. The molecule has 5 nitrogen and oxygen atoms in total. The number of hydrogen-bond donors (Lipinski definition) is 2. The smallest absolute Gasteiger partial charge is 0.271 e. The van der Waals surface area contributed by atoms with Crippen molar-refractivity contribution >= 4 is 11.7 Å². The molecule has 0 aliphatic carbocycles. The average molecular weight is 350 g/mol. The van der Waals surface area contributed by atoms with Gasteiger partial charge < -0.3 is 10.6 Å². The number of nitrogens with one attached hydrogen (secondary N) is 2. The molecule has 1 heterocycles. The minimum atomic E-state index is -0.397. The highest BCUT2D eigenvalue weighted by atomic mass is 19.1. The van der Waals surface area contributed by atoms with Crippen molar-refractivity contribution in [3.05, 3.63) is 89.1 Å². The van der Waals surface area contributed by atoms with E-state index in [1.54, 1.807) is 18.2 Å². The molecule has 0 fully saturated rings. The van der Waals surface area contributed by atoms with Crippen molar-refractivity contribution in [1.82, 2.24) is 15.3 Å². The van der Waals surface area contributed by atoms with E-state index >= 15 is 0 Å². The van der Waals surface area contributed by atoms with Crippen LogP contribution in [0.2, 0.25) is 0 Å². The summed E-state index contributed by atoms with van der Waals surface area (Å²) in [4.78, 5) is 20.4. The summed E-state index contributed by atoms with van der Waals surface area (Å²) in [6.45, 7) is 2.77. The van der Waals surface area contributed by atoms with Crippen LogP contribution in [-0.4, -0.2) is 15.9 Å². The van der Waals surface area contributed by atoms with Gasteiger partial charge in [-0.3, -0.25) is 4.79 Å². The van der Waals surface area contributed by atoms with Crippen LogP contribution in [0.4, 0.5) is 10.2 Å². The SMILES string of the molecule is Cc1ccccc1CNc1cnc(C(=O)NCc2ccccc2F)cn1. The zero-order chi connectivity index (χ0) is 18.4. The van der Waals surface area contributed by atoms with Gasteiger partial charge in [0.1, 0.15) is 17.3 Å². The number of hydrogen-bond acceptors (Lipinski definition) is 4. The van der Waals surface area contributed by atoms with E-state index < -0.39 is 5.91 Å². The van der Waals surface area contributed by atoms with Crippen LogP contribution in [0, 0.1) is 12.7 Å².